The molecule has 2 aliphatic carbocycles. The zero-order valence-electron chi connectivity index (χ0n) is 33.2. The van der Waals surface area contributed by atoms with Gasteiger partial charge in [0.1, 0.15) is 11.2 Å². The van der Waals surface area contributed by atoms with Crippen LogP contribution in [0.25, 0.3) is 77.2 Å². The molecule has 0 radical (unpaired) electrons. The molecule has 1 aromatic heterocycles. The van der Waals surface area contributed by atoms with Crippen molar-refractivity contribution in [2.45, 2.75) is 5.41 Å². The lowest BCUT2D eigenvalue weighted by atomic mass is 9.70. The number of benzene rings is 10. The van der Waals surface area contributed by atoms with E-state index in [1.165, 1.54) is 60.8 Å². The van der Waals surface area contributed by atoms with Crippen LogP contribution in [0, 0.1) is 0 Å². The second kappa shape index (κ2) is 13.0. The smallest absolute Gasteiger partial charge is 0.136 e. The van der Waals surface area contributed by atoms with Gasteiger partial charge < -0.3 is 9.32 Å². The van der Waals surface area contributed by atoms with E-state index in [1.54, 1.807) is 0 Å². The van der Waals surface area contributed by atoms with Crippen molar-refractivity contribution in [2.75, 3.05) is 4.90 Å². The summed E-state index contributed by atoms with van der Waals surface area (Å²) in [7, 11) is 0. The number of para-hydroxylation sites is 2. The molecule has 10 aromatic carbocycles. The standard InChI is InChI=1S/C59H37NO/c1-2-18-38(19-3-1)41-22-9-14-32-52(41)60(53-33-15-10-25-44(53)45-27-16-35-55-57(45)47-36-39-20-4-5-21-40(39)37-56(47)61-55)54-34-17-31-51-58(54)46-26-8-13-30-50(46)59(51)48-28-11-6-23-42(48)43-24-7-12-29-49(43)59/h1-37H. The van der Waals surface area contributed by atoms with E-state index < -0.39 is 5.41 Å². The molecule has 2 heteroatoms. The van der Waals surface area contributed by atoms with E-state index in [2.05, 4.69) is 229 Å². The van der Waals surface area contributed by atoms with Crippen molar-refractivity contribution in [3.8, 4) is 44.5 Å². The minimum absolute atomic E-state index is 0.469. The van der Waals surface area contributed by atoms with Gasteiger partial charge >= 0.3 is 0 Å². The van der Waals surface area contributed by atoms with Gasteiger partial charge in [0.2, 0.25) is 0 Å². The Hall–Kier alpha value is -7.94. The van der Waals surface area contributed by atoms with Gasteiger partial charge in [0.15, 0.2) is 0 Å². The Morgan fingerprint density at radius 3 is 1.54 bits per heavy atom. The van der Waals surface area contributed by atoms with Gasteiger partial charge in [-0.05, 0) is 97.2 Å². The summed E-state index contributed by atoms with van der Waals surface area (Å²) in [5, 5.41) is 4.60. The first-order valence-corrected chi connectivity index (χ1v) is 21.1. The molecule has 61 heavy (non-hydrogen) atoms. The third-order valence-corrected chi connectivity index (χ3v) is 13.3. The Bertz CT molecular complexity index is 3510. The maximum Gasteiger partial charge on any atom is 0.136 e. The summed E-state index contributed by atoms with van der Waals surface area (Å²) >= 11 is 0. The van der Waals surface area contributed by atoms with Gasteiger partial charge in [-0.3, -0.25) is 0 Å². The molecule has 284 valence electrons. The second-order valence-electron chi connectivity index (χ2n) is 16.3. The minimum Gasteiger partial charge on any atom is -0.456 e. The molecule has 1 heterocycles. The Morgan fingerprint density at radius 2 is 0.820 bits per heavy atom. The van der Waals surface area contributed by atoms with Crippen LogP contribution in [0.15, 0.2) is 229 Å². The topological polar surface area (TPSA) is 16.4 Å². The highest BCUT2D eigenvalue weighted by Gasteiger charge is 2.52. The van der Waals surface area contributed by atoms with E-state index in [9.17, 15) is 0 Å². The quantitative estimate of drug-likeness (QED) is 0.173. The molecule has 0 saturated heterocycles. The zero-order valence-corrected chi connectivity index (χ0v) is 33.2. The van der Waals surface area contributed by atoms with Crippen LogP contribution in [0.4, 0.5) is 17.1 Å². The van der Waals surface area contributed by atoms with E-state index >= 15 is 0 Å². The summed E-state index contributed by atoms with van der Waals surface area (Å²) in [6, 6.07) is 82.3. The molecule has 11 aromatic rings. The van der Waals surface area contributed by atoms with Crippen molar-refractivity contribution >= 4 is 49.8 Å². The average Bonchev–Trinajstić information content (AvgIpc) is 3.95. The highest BCUT2D eigenvalue weighted by Crippen LogP contribution is 2.65. The first-order valence-electron chi connectivity index (χ1n) is 21.1. The van der Waals surface area contributed by atoms with Crippen LogP contribution in [0.1, 0.15) is 22.3 Å². The molecule has 0 atom stereocenters. The number of hydrogen-bond donors (Lipinski definition) is 0. The predicted molar refractivity (Wildman–Crippen MR) is 253 cm³/mol. The van der Waals surface area contributed by atoms with E-state index in [0.717, 1.165) is 55.7 Å². The molecular formula is C59H37NO. The summed E-state index contributed by atoms with van der Waals surface area (Å²) in [5.41, 5.74) is 19.6. The largest absolute Gasteiger partial charge is 0.456 e. The number of hydrogen-bond acceptors (Lipinski definition) is 2. The van der Waals surface area contributed by atoms with Crippen LogP contribution in [-0.4, -0.2) is 0 Å². The number of fused-ring (bicyclic) bond motifs is 14. The SMILES string of the molecule is c1ccc(-c2ccccc2N(c2ccccc2-c2cccc3oc4cc5ccccc5cc4c23)c2cccc3c2-c2ccccc2C32c3ccccc3-c3ccccc32)cc1. The highest BCUT2D eigenvalue weighted by molar-refractivity contribution is 6.17. The molecular weight excluding hydrogens is 739 g/mol. The lowest BCUT2D eigenvalue weighted by Crippen LogP contribution is -2.26. The minimum atomic E-state index is -0.469. The lowest BCUT2D eigenvalue weighted by Gasteiger charge is -2.33. The maximum atomic E-state index is 6.67. The molecule has 13 rings (SSSR count). The number of nitrogens with zero attached hydrogens (tertiary/aromatic N) is 1. The number of furan rings is 1. The Labute approximate surface area is 354 Å². The van der Waals surface area contributed by atoms with Crippen molar-refractivity contribution in [1.29, 1.82) is 0 Å². The lowest BCUT2D eigenvalue weighted by molar-refractivity contribution is 0.669. The van der Waals surface area contributed by atoms with Crippen molar-refractivity contribution in [3.05, 3.63) is 247 Å². The summed E-state index contributed by atoms with van der Waals surface area (Å²) < 4.78 is 6.67. The second-order valence-corrected chi connectivity index (χ2v) is 16.3. The van der Waals surface area contributed by atoms with Crippen LogP contribution in [0.3, 0.4) is 0 Å². The van der Waals surface area contributed by atoms with Gasteiger partial charge in [-0.1, -0.05) is 188 Å². The third kappa shape index (κ3) is 4.73. The van der Waals surface area contributed by atoms with E-state index in [4.69, 9.17) is 4.42 Å². The third-order valence-electron chi connectivity index (χ3n) is 13.3. The molecule has 0 fully saturated rings. The molecule has 0 saturated carbocycles. The van der Waals surface area contributed by atoms with Crippen LogP contribution in [0.2, 0.25) is 0 Å². The van der Waals surface area contributed by atoms with Crippen LogP contribution < -0.4 is 4.90 Å². The molecule has 0 bridgehead atoms. The normalized spacial score (nSPS) is 13.0. The number of rotatable bonds is 5. The molecule has 0 N–H and O–H groups in total. The van der Waals surface area contributed by atoms with Gasteiger partial charge in [0, 0.05) is 27.5 Å². The fraction of sp³-hybridized carbons (Fsp3) is 0.0169. The van der Waals surface area contributed by atoms with Gasteiger partial charge in [-0.25, -0.2) is 0 Å². The molecule has 1 spiro atoms. The first-order chi connectivity index (χ1) is 30.3. The van der Waals surface area contributed by atoms with E-state index in [-0.39, 0.29) is 0 Å². The molecule has 2 aliphatic rings. The zero-order chi connectivity index (χ0) is 40.1. The van der Waals surface area contributed by atoms with Gasteiger partial charge in [-0.2, -0.15) is 0 Å². The monoisotopic (exact) mass is 775 g/mol. The molecule has 0 unspecified atom stereocenters. The number of anilines is 3. The fourth-order valence-corrected chi connectivity index (χ4v) is 10.9. The predicted octanol–water partition coefficient (Wildman–Crippen LogP) is 15.9. The van der Waals surface area contributed by atoms with Crippen LogP contribution in [0.5, 0.6) is 0 Å². The molecule has 2 nitrogen and oxygen atoms in total. The summed E-state index contributed by atoms with van der Waals surface area (Å²) in [6.07, 6.45) is 0. The Morgan fingerprint density at radius 1 is 0.328 bits per heavy atom. The van der Waals surface area contributed by atoms with E-state index in [0.29, 0.717) is 0 Å². The fourth-order valence-electron chi connectivity index (χ4n) is 10.9. The first kappa shape index (κ1) is 34.0. The molecule has 0 aliphatic heterocycles. The van der Waals surface area contributed by atoms with Crippen molar-refractivity contribution < 1.29 is 4.42 Å². The van der Waals surface area contributed by atoms with Crippen LogP contribution in [-0.2, 0) is 5.41 Å². The summed E-state index contributed by atoms with van der Waals surface area (Å²) in [5.74, 6) is 0. The summed E-state index contributed by atoms with van der Waals surface area (Å²) in [4.78, 5) is 2.54. The molecule has 0 amide bonds. The Balaban J connectivity index is 1.14. The van der Waals surface area contributed by atoms with Gasteiger partial charge in [0.05, 0.1) is 22.5 Å². The van der Waals surface area contributed by atoms with Crippen molar-refractivity contribution in [2.24, 2.45) is 0 Å². The average molecular weight is 776 g/mol. The van der Waals surface area contributed by atoms with Crippen LogP contribution >= 0.6 is 0 Å². The van der Waals surface area contributed by atoms with Crippen molar-refractivity contribution in [1.82, 2.24) is 0 Å². The Kier molecular flexibility index (Phi) is 7.26. The van der Waals surface area contributed by atoms with Gasteiger partial charge in [-0.15, -0.1) is 0 Å². The maximum absolute atomic E-state index is 6.67. The van der Waals surface area contributed by atoms with Gasteiger partial charge in [0.25, 0.3) is 0 Å². The van der Waals surface area contributed by atoms with E-state index in [1.807, 2.05) is 0 Å². The van der Waals surface area contributed by atoms with Crippen molar-refractivity contribution in [3.63, 3.8) is 0 Å². The highest BCUT2D eigenvalue weighted by atomic mass is 16.3. The summed E-state index contributed by atoms with van der Waals surface area (Å²) in [6.45, 7) is 0.